The van der Waals surface area contributed by atoms with Gasteiger partial charge < -0.3 is 31.4 Å². The highest BCUT2D eigenvalue weighted by atomic mass is 19.4. The SMILES string of the molecule is N=C/C(=C\N)CNc1nc(Nc2ccc(N3CCOCC3)cc2)ncc1C(F)(F)F. The number of ether oxygens (including phenoxy) is 1. The molecule has 0 saturated carbocycles. The van der Waals surface area contributed by atoms with E-state index in [9.17, 15) is 13.2 Å². The number of hydrogen-bond donors (Lipinski definition) is 4. The number of hydrogen-bond acceptors (Lipinski definition) is 8. The summed E-state index contributed by atoms with van der Waals surface area (Å²) in [6.07, 6.45) is -1.81. The molecule has 8 nitrogen and oxygen atoms in total. The fourth-order valence-electron chi connectivity index (χ4n) is 2.83. The Labute approximate surface area is 171 Å². The number of nitrogens with two attached hydrogens (primary N) is 1. The van der Waals surface area contributed by atoms with Gasteiger partial charge in [0.05, 0.1) is 13.2 Å². The molecule has 11 heteroatoms. The number of nitrogens with one attached hydrogen (secondary N) is 3. The summed E-state index contributed by atoms with van der Waals surface area (Å²) < 4.78 is 45.2. The lowest BCUT2D eigenvalue weighted by atomic mass is 10.2. The minimum absolute atomic E-state index is 0.0118. The van der Waals surface area contributed by atoms with Crippen LogP contribution in [0.2, 0.25) is 0 Å². The predicted octanol–water partition coefficient (Wildman–Crippen LogP) is 2.98. The molecule has 2 heterocycles. The van der Waals surface area contributed by atoms with Crippen LogP contribution in [0.15, 0.2) is 42.2 Å². The van der Waals surface area contributed by atoms with E-state index in [2.05, 4.69) is 25.5 Å². The zero-order valence-corrected chi connectivity index (χ0v) is 16.0. The van der Waals surface area contributed by atoms with Crippen molar-refractivity contribution in [3.63, 3.8) is 0 Å². The van der Waals surface area contributed by atoms with Crippen molar-refractivity contribution in [1.82, 2.24) is 9.97 Å². The minimum atomic E-state index is -4.63. The van der Waals surface area contributed by atoms with Crippen molar-refractivity contribution in [2.45, 2.75) is 6.18 Å². The van der Waals surface area contributed by atoms with Gasteiger partial charge in [-0.25, -0.2) is 4.98 Å². The van der Waals surface area contributed by atoms with Crippen molar-refractivity contribution in [2.24, 2.45) is 5.73 Å². The van der Waals surface area contributed by atoms with E-state index in [0.717, 1.165) is 37.4 Å². The van der Waals surface area contributed by atoms with Crippen molar-refractivity contribution in [1.29, 1.82) is 5.41 Å². The fraction of sp³-hybridized carbons (Fsp3) is 0.316. The lowest BCUT2D eigenvalue weighted by Crippen LogP contribution is -2.36. The van der Waals surface area contributed by atoms with Crippen molar-refractivity contribution in [3.8, 4) is 0 Å². The quantitative estimate of drug-likeness (QED) is 0.509. The van der Waals surface area contributed by atoms with E-state index < -0.39 is 17.6 Å². The normalized spacial score (nSPS) is 15.0. The largest absolute Gasteiger partial charge is 0.421 e. The van der Waals surface area contributed by atoms with Gasteiger partial charge in [-0.2, -0.15) is 18.2 Å². The molecular formula is C19H22F3N7O. The summed E-state index contributed by atoms with van der Waals surface area (Å²) in [5.74, 6) is -0.385. The Balaban J connectivity index is 1.76. The van der Waals surface area contributed by atoms with Gasteiger partial charge in [0.1, 0.15) is 11.4 Å². The number of benzene rings is 1. The van der Waals surface area contributed by atoms with Crippen molar-refractivity contribution < 1.29 is 17.9 Å². The topological polar surface area (TPSA) is 112 Å². The first-order chi connectivity index (χ1) is 14.4. The Hall–Kier alpha value is -3.34. The molecule has 1 aromatic heterocycles. The molecule has 5 N–H and O–H groups in total. The van der Waals surface area contributed by atoms with Gasteiger partial charge in [0.15, 0.2) is 0 Å². The fourth-order valence-corrected chi connectivity index (χ4v) is 2.83. The van der Waals surface area contributed by atoms with Gasteiger partial charge in [-0.3, -0.25) is 0 Å². The number of halogens is 3. The van der Waals surface area contributed by atoms with Crippen LogP contribution in [-0.4, -0.2) is 49.0 Å². The molecule has 1 aliphatic heterocycles. The summed E-state index contributed by atoms with van der Waals surface area (Å²) in [7, 11) is 0. The average molecular weight is 421 g/mol. The summed E-state index contributed by atoms with van der Waals surface area (Å²) in [6.45, 7) is 2.88. The molecule has 2 aromatic rings. The molecular weight excluding hydrogens is 399 g/mol. The van der Waals surface area contributed by atoms with Crippen LogP contribution in [0, 0.1) is 5.41 Å². The molecule has 0 atom stereocenters. The monoisotopic (exact) mass is 421 g/mol. The van der Waals surface area contributed by atoms with E-state index in [-0.39, 0.29) is 12.5 Å². The van der Waals surface area contributed by atoms with Crippen LogP contribution in [0.3, 0.4) is 0 Å². The van der Waals surface area contributed by atoms with Gasteiger partial charge in [0.25, 0.3) is 0 Å². The van der Waals surface area contributed by atoms with E-state index in [1.165, 1.54) is 0 Å². The Morgan fingerprint density at radius 3 is 2.53 bits per heavy atom. The smallest absolute Gasteiger partial charge is 0.404 e. The Kier molecular flexibility index (Phi) is 6.72. The van der Waals surface area contributed by atoms with Crippen LogP contribution in [0.1, 0.15) is 5.56 Å². The number of aromatic nitrogens is 2. The minimum Gasteiger partial charge on any atom is -0.404 e. The van der Waals surface area contributed by atoms with E-state index in [4.69, 9.17) is 15.9 Å². The van der Waals surface area contributed by atoms with Gasteiger partial charge in [-0.1, -0.05) is 0 Å². The van der Waals surface area contributed by atoms with E-state index >= 15 is 0 Å². The van der Waals surface area contributed by atoms with Crippen LogP contribution in [0.4, 0.5) is 36.3 Å². The summed E-state index contributed by atoms with van der Waals surface area (Å²) in [5, 5.41) is 12.7. The van der Waals surface area contributed by atoms with Gasteiger partial charge >= 0.3 is 6.18 Å². The Bertz CT molecular complexity index is 894. The number of anilines is 4. The maximum Gasteiger partial charge on any atom is 0.421 e. The van der Waals surface area contributed by atoms with Gasteiger partial charge in [0, 0.05) is 55.2 Å². The Morgan fingerprint density at radius 2 is 1.93 bits per heavy atom. The molecule has 30 heavy (non-hydrogen) atoms. The third-order valence-electron chi connectivity index (χ3n) is 4.45. The zero-order valence-electron chi connectivity index (χ0n) is 16.0. The van der Waals surface area contributed by atoms with E-state index in [1.54, 1.807) is 0 Å². The van der Waals surface area contributed by atoms with Crippen LogP contribution in [-0.2, 0) is 10.9 Å². The average Bonchev–Trinajstić information content (AvgIpc) is 2.75. The molecule has 1 aromatic carbocycles. The molecule has 0 spiro atoms. The molecule has 1 fully saturated rings. The molecule has 0 radical (unpaired) electrons. The van der Waals surface area contributed by atoms with E-state index in [0.29, 0.717) is 24.5 Å². The summed E-state index contributed by atoms with van der Waals surface area (Å²) in [5.41, 5.74) is 6.32. The predicted molar refractivity (Wildman–Crippen MR) is 109 cm³/mol. The third kappa shape index (κ3) is 5.38. The Morgan fingerprint density at radius 1 is 1.23 bits per heavy atom. The number of alkyl halides is 3. The summed E-state index contributed by atoms with van der Waals surface area (Å²) >= 11 is 0. The number of nitrogens with zero attached hydrogens (tertiary/aromatic N) is 3. The zero-order chi connectivity index (χ0) is 21.6. The first kappa shape index (κ1) is 21.4. The molecule has 160 valence electrons. The van der Waals surface area contributed by atoms with Gasteiger partial charge in [0.2, 0.25) is 5.95 Å². The standard InChI is InChI=1S/C19H22F3N7O/c20-19(21,22)16-12-26-18(28-17(16)25-11-13(9-23)10-24)27-14-1-3-15(4-2-14)29-5-7-30-8-6-29/h1-4,9-10,12,23H,5-8,11,24H2,(H2,25,26,27,28)/b13-10+,23-9?. The summed E-state index contributed by atoms with van der Waals surface area (Å²) in [4.78, 5) is 9.94. The van der Waals surface area contributed by atoms with Gasteiger partial charge in [-0.15, -0.1) is 0 Å². The van der Waals surface area contributed by atoms with Gasteiger partial charge in [-0.05, 0) is 24.3 Å². The molecule has 1 aliphatic rings. The summed E-state index contributed by atoms with van der Waals surface area (Å²) in [6, 6.07) is 7.45. The van der Waals surface area contributed by atoms with Crippen LogP contribution >= 0.6 is 0 Å². The highest BCUT2D eigenvalue weighted by Gasteiger charge is 2.35. The van der Waals surface area contributed by atoms with Crippen LogP contribution < -0.4 is 21.3 Å². The molecule has 3 rings (SSSR count). The molecule has 0 unspecified atom stereocenters. The maximum absolute atomic E-state index is 13.3. The number of morpholine rings is 1. The van der Waals surface area contributed by atoms with E-state index in [1.807, 2.05) is 24.3 Å². The second-order valence-corrected chi connectivity index (χ2v) is 6.46. The van der Waals surface area contributed by atoms with Crippen molar-refractivity contribution in [2.75, 3.05) is 48.4 Å². The highest BCUT2D eigenvalue weighted by Crippen LogP contribution is 2.34. The molecule has 1 saturated heterocycles. The third-order valence-corrected chi connectivity index (χ3v) is 4.45. The first-order valence-corrected chi connectivity index (χ1v) is 9.20. The first-order valence-electron chi connectivity index (χ1n) is 9.20. The lowest BCUT2D eigenvalue weighted by Gasteiger charge is -2.28. The second-order valence-electron chi connectivity index (χ2n) is 6.46. The lowest BCUT2D eigenvalue weighted by molar-refractivity contribution is -0.137. The highest BCUT2D eigenvalue weighted by molar-refractivity contribution is 5.77. The number of rotatable bonds is 7. The molecule has 0 aliphatic carbocycles. The molecule has 0 bridgehead atoms. The van der Waals surface area contributed by atoms with Crippen LogP contribution in [0.25, 0.3) is 0 Å². The molecule has 0 amide bonds. The second kappa shape index (κ2) is 9.44. The van der Waals surface area contributed by atoms with Crippen molar-refractivity contribution >= 4 is 29.4 Å². The van der Waals surface area contributed by atoms with Crippen LogP contribution in [0.5, 0.6) is 0 Å². The van der Waals surface area contributed by atoms with Crippen molar-refractivity contribution in [3.05, 3.63) is 47.8 Å². The maximum atomic E-state index is 13.3.